The molecule has 0 amide bonds. The van der Waals surface area contributed by atoms with Gasteiger partial charge in [-0.2, -0.15) is 0 Å². The lowest BCUT2D eigenvalue weighted by atomic mass is 9.48. The zero-order valence-corrected chi connectivity index (χ0v) is 16.9. The van der Waals surface area contributed by atoms with Gasteiger partial charge in [-0.3, -0.25) is 0 Å². The van der Waals surface area contributed by atoms with Gasteiger partial charge in [0.05, 0.1) is 13.2 Å². The molecule has 5 rings (SSSR count). The van der Waals surface area contributed by atoms with Crippen molar-refractivity contribution in [3.63, 3.8) is 0 Å². The zero-order chi connectivity index (χ0) is 18.3. The maximum absolute atomic E-state index is 5.84. The molecule has 3 heteroatoms. The van der Waals surface area contributed by atoms with Crippen LogP contribution in [0.2, 0.25) is 0 Å². The minimum Gasteiger partial charge on any atom is -0.493 e. The van der Waals surface area contributed by atoms with Crippen LogP contribution in [0.1, 0.15) is 64.9 Å². The van der Waals surface area contributed by atoms with Crippen molar-refractivity contribution in [2.45, 2.75) is 78.0 Å². The summed E-state index contributed by atoms with van der Waals surface area (Å²) in [5.74, 6) is 4.70. The molecule has 144 valence electrons. The van der Waals surface area contributed by atoms with Gasteiger partial charge in [-0.05, 0) is 100 Å². The molecule has 0 heterocycles. The predicted octanol–water partition coefficient (Wildman–Crippen LogP) is 5.18. The van der Waals surface area contributed by atoms with Crippen molar-refractivity contribution < 1.29 is 9.47 Å². The third-order valence-electron chi connectivity index (χ3n) is 7.21. The smallest absolute Gasteiger partial charge is 0.161 e. The largest absolute Gasteiger partial charge is 0.493 e. The summed E-state index contributed by atoms with van der Waals surface area (Å²) < 4.78 is 11.4. The lowest BCUT2D eigenvalue weighted by molar-refractivity contribution is -0.0706. The highest BCUT2D eigenvalue weighted by molar-refractivity contribution is 5.43. The van der Waals surface area contributed by atoms with Crippen LogP contribution in [-0.2, 0) is 6.54 Å². The first-order chi connectivity index (χ1) is 12.5. The Balaban J connectivity index is 1.41. The topological polar surface area (TPSA) is 30.5 Å². The molecule has 3 nitrogen and oxygen atoms in total. The van der Waals surface area contributed by atoms with Gasteiger partial charge in [0, 0.05) is 12.6 Å². The molecule has 1 atom stereocenters. The molecule has 4 aliphatic rings. The van der Waals surface area contributed by atoms with E-state index in [0.717, 1.165) is 35.8 Å². The third kappa shape index (κ3) is 3.47. The van der Waals surface area contributed by atoms with Crippen molar-refractivity contribution in [3.8, 4) is 11.5 Å². The molecule has 26 heavy (non-hydrogen) atoms. The van der Waals surface area contributed by atoms with Crippen molar-refractivity contribution in [2.75, 3.05) is 7.11 Å². The molecule has 1 unspecified atom stereocenters. The summed E-state index contributed by atoms with van der Waals surface area (Å²) in [5.41, 5.74) is 1.83. The third-order valence-corrected chi connectivity index (χ3v) is 7.21. The van der Waals surface area contributed by atoms with Gasteiger partial charge in [0.2, 0.25) is 0 Å². The molecule has 1 N–H and O–H groups in total. The fourth-order valence-electron chi connectivity index (χ4n) is 6.37. The summed E-state index contributed by atoms with van der Waals surface area (Å²) in [6.07, 6.45) is 9.07. The first kappa shape index (κ1) is 18.2. The molecule has 4 saturated carbocycles. The van der Waals surface area contributed by atoms with Crippen LogP contribution in [0.25, 0.3) is 0 Å². The molecule has 4 fully saturated rings. The minimum atomic E-state index is 0.156. The summed E-state index contributed by atoms with van der Waals surface area (Å²) in [6, 6.07) is 6.93. The highest BCUT2D eigenvalue weighted by Crippen LogP contribution is 2.61. The van der Waals surface area contributed by atoms with Crippen LogP contribution in [0.3, 0.4) is 0 Å². The Kier molecular flexibility index (Phi) is 4.94. The van der Waals surface area contributed by atoms with Crippen LogP contribution in [0.5, 0.6) is 11.5 Å². The number of nitrogens with one attached hydrogen (secondary N) is 1. The fraction of sp³-hybridized carbons (Fsp3) is 0.739. The monoisotopic (exact) mass is 357 g/mol. The molecular weight excluding hydrogens is 322 g/mol. The van der Waals surface area contributed by atoms with Crippen molar-refractivity contribution in [1.82, 2.24) is 5.32 Å². The van der Waals surface area contributed by atoms with E-state index in [4.69, 9.17) is 9.47 Å². The Labute approximate surface area is 158 Å². The van der Waals surface area contributed by atoms with Gasteiger partial charge in [0.15, 0.2) is 11.5 Å². The molecule has 4 bridgehead atoms. The van der Waals surface area contributed by atoms with Crippen LogP contribution in [-0.4, -0.2) is 19.3 Å². The lowest BCUT2D eigenvalue weighted by Gasteiger charge is -2.59. The van der Waals surface area contributed by atoms with Crippen LogP contribution < -0.4 is 14.8 Å². The van der Waals surface area contributed by atoms with Gasteiger partial charge in [0.25, 0.3) is 0 Å². The van der Waals surface area contributed by atoms with E-state index in [1.165, 1.54) is 44.1 Å². The minimum absolute atomic E-state index is 0.156. The molecule has 0 aliphatic heterocycles. The standard InChI is InChI=1S/C23H35NO2/c1-15(2)26-21-6-5-17(10-22(21)25-4)14-24-16(3)23-11-18-7-19(12-23)9-20(8-18)13-23/h5-6,10,15-16,18-20,24H,7-9,11-14H2,1-4H3. The number of benzene rings is 1. The fourth-order valence-corrected chi connectivity index (χ4v) is 6.37. The summed E-state index contributed by atoms with van der Waals surface area (Å²) in [4.78, 5) is 0. The van der Waals surface area contributed by atoms with Crippen molar-refractivity contribution in [2.24, 2.45) is 23.2 Å². The predicted molar refractivity (Wildman–Crippen MR) is 106 cm³/mol. The Bertz CT molecular complexity index is 604. The van der Waals surface area contributed by atoms with Gasteiger partial charge in [0.1, 0.15) is 0 Å². The zero-order valence-electron chi connectivity index (χ0n) is 16.9. The Hall–Kier alpha value is -1.22. The van der Waals surface area contributed by atoms with Gasteiger partial charge >= 0.3 is 0 Å². The van der Waals surface area contributed by atoms with E-state index >= 15 is 0 Å². The maximum atomic E-state index is 5.84. The summed E-state index contributed by atoms with van der Waals surface area (Å²) in [6.45, 7) is 7.42. The first-order valence-electron chi connectivity index (χ1n) is 10.5. The average molecular weight is 358 g/mol. The van der Waals surface area contributed by atoms with E-state index in [9.17, 15) is 0 Å². The quantitative estimate of drug-likeness (QED) is 0.729. The Morgan fingerprint density at radius 2 is 1.62 bits per heavy atom. The van der Waals surface area contributed by atoms with Crippen molar-refractivity contribution in [3.05, 3.63) is 23.8 Å². The second-order valence-electron chi connectivity index (χ2n) is 9.53. The molecule has 0 spiro atoms. The molecule has 0 saturated heterocycles. The van der Waals surface area contributed by atoms with E-state index in [2.05, 4.69) is 24.4 Å². The second kappa shape index (κ2) is 7.07. The van der Waals surface area contributed by atoms with Gasteiger partial charge in [-0.1, -0.05) is 6.07 Å². The average Bonchev–Trinajstić information content (AvgIpc) is 2.59. The van der Waals surface area contributed by atoms with E-state index in [0.29, 0.717) is 11.5 Å². The number of methoxy groups -OCH3 is 1. The number of ether oxygens (including phenoxy) is 2. The highest BCUT2D eigenvalue weighted by Gasteiger charge is 2.52. The van der Waals surface area contributed by atoms with Crippen molar-refractivity contribution in [1.29, 1.82) is 0 Å². The van der Waals surface area contributed by atoms with Crippen LogP contribution >= 0.6 is 0 Å². The molecule has 4 aliphatic carbocycles. The second-order valence-corrected chi connectivity index (χ2v) is 9.53. The number of rotatable bonds is 7. The number of hydrogen-bond acceptors (Lipinski definition) is 3. The van der Waals surface area contributed by atoms with E-state index in [1.54, 1.807) is 7.11 Å². The molecule has 1 aromatic carbocycles. The Morgan fingerprint density at radius 1 is 1.00 bits per heavy atom. The SMILES string of the molecule is COc1cc(CNC(C)C23CC4CC(CC(C4)C2)C3)ccc1OC(C)C. The first-order valence-corrected chi connectivity index (χ1v) is 10.5. The van der Waals surface area contributed by atoms with Crippen molar-refractivity contribution >= 4 is 0 Å². The van der Waals surface area contributed by atoms with Gasteiger partial charge in [-0.25, -0.2) is 0 Å². The molecule has 0 radical (unpaired) electrons. The van der Waals surface area contributed by atoms with Crippen LogP contribution in [0.4, 0.5) is 0 Å². The highest BCUT2D eigenvalue weighted by atomic mass is 16.5. The van der Waals surface area contributed by atoms with Gasteiger partial charge < -0.3 is 14.8 Å². The maximum Gasteiger partial charge on any atom is 0.161 e. The van der Waals surface area contributed by atoms with Gasteiger partial charge in [-0.15, -0.1) is 0 Å². The van der Waals surface area contributed by atoms with E-state index < -0.39 is 0 Å². The van der Waals surface area contributed by atoms with Crippen LogP contribution in [0, 0.1) is 23.2 Å². The summed E-state index contributed by atoms with van der Waals surface area (Å²) in [7, 11) is 1.72. The molecule has 0 aromatic heterocycles. The normalized spacial score (nSPS) is 33.5. The lowest BCUT2D eigenvalue weighted by Crippen LogP contribution is -2.54. The van der Waals surface area contributed by atoms with E-state index in [-0.39, 0.29) is 6.10 Å². The molecule has 1 aromatic rings. The van der Waals surface area contributed by atoms with Crippen LogP contribution in [0.15, 0.2) is 18.2 Å². The number of hydrogen-bond donors (Lipinski definition) is 1. The van der Waals surface area contributed by atoms with E-state index in [1.807, 2.05) is 19.9 Å². The summed E-state index contributed by atoms with van der Waals surface area (Å²) in [5, 5.41) is 3.87. The Morgan fingerprint density at radius 3 is 2.15 bits per heavy atom. The molecular formula is C23H35NO2. The summed E-state index contributed by atoms with van der Waals surface area (Å²) >= 11 is 0.